The zero-order valence-corrected chi connectivity index (χ0v) is 15.7. The highest BCUT2D eigenvalue weighted by molar-refractivity contribution is 6.07. The van der Waals surface area contributed by atoms with Gasteiger partial charge in [-0.05, 0) is 12.1 Å². The van der Waals surface area contributed by atoms with E-state index in [2.05, 4.69) is 15.3 Å². The number of carbonyl (C=O) groups excluding carboxylic acids is 1. The molecule has 0 bridgehead atoms. The molecule has 0 spiro atoms. The van der Waals surface area contributed by atoms with Crippen molar-refractivity contribution in [3.8, 4) is 0 Å². The number of aromatic nitrogens is 3. The SMILES string of the molecule is C[C@H]1[C@@H](F)[C@H](c2cn(C)c3c(NC(=O)c4ccccc4)ncnc23)O[C@@H]1CN. The molecule has 1 amide bonds. The van der Waals surface area contributed by atoms with Crippen molar-refractivity contribution < 1.29 is 13.9 Å². The van der Waals surface area contributed by atoms with E-state index >= 15 is 0 Å². The summed E-state index contributed by atoms with van der Waals surface area (Å²) in [7, 11) is 1.80. The second-order valence-electron chi connectivity index (χ2n) is 7.07. The zero-order chi connectivity index (χ0) is 19.8. The fourth-order valence-corrected chi connectivity index (χ4v) is 3.71. The molecule has 3 heterocycles. The van der Waals surface area contributed by atoms with Crippen LogP contribution in [0.2, 0.25) is 0 Å². The van der Waals surface area contributed by atoms with E-state index in [9.17, 15) is 9.18 Å². The van der Waals surface area contributed by atoms with Gasteiger partial charge in [0.2, 0.25) is 0 Å². The summed E-state index contributed by atoms with van der Waals surface area (Å²) in [6, 6.07) is 8.86. The van der Waals surface area contributed by atoms with E-state index in [1.807, 2.05) is 6.07 Å². The first-order valence-electron chi connectivity index (χ1n) is 9.17. The second kappa shape index (κ2) is 7.29. The highest BCUT2D eigenvalue weighted by Crippen LogP contribution is 2.42. The van der Waals surface area contributed by atoms with Gasteiger partial charge in [0.25, 0.3) is 5.91 Å². The number of nitrogens with two attached hydrogens (primary N) is 1. The number of aryl methyl sites for hydroxylation is 1. The van der Waals surface area contributed by atoms with Gasteiger partial charge in [-0.2, -0.15) is 0 Å². The minimum Gasteiger partial charge on any atom is -0.365 e. The van der Waals surface area contributed by atoms with Gasteiger partial charge >= 0.3 is 0 Å². The van der Waals surface area contributed by atoms with Gasteiger partial charge in [0.15, 0.2) is 5.82 Å². The van der Waals surface area contributed by atoms with Crippen LogP contribution in [0.5, 0.6) is 0 Å². The van der Waals surface area contributed by atoms with E-state index in [0.717, 1.165) is 0 Å². The van der Waals surface area contributed by atoms with Gasteiger partial charge in [-0.3, -0.25) is 4.79 Å². The molecular formula is C20H22FN5O2. The molecule has 0 saturated carbocycles. The maximum atomic E-state index is 14.9. The predicted octanol–water partition coefficient (Wildman–Crippen LogP) is 2.59. The van der Waals surface area contributed by atoms with Gasteiger partial charge in [0.05, 0.1) is 11.6 Å². The summed E-state index contributed by atoms with van der Waals surface area (Å²) in [6.45, 7) is 2.06. The summed E-state index contributed by atoms with van der Waals surface area (Å²) in [5, 5.41) is 2.82. The lowest BCUT2D eigenvalue weighted by atomic mass is 9.97. The highest BCUT2D eigenvalue weighted by atomic mass is 19.1. The van der Waals surface area contributed by atoms with Crippen molar-refractivity contribution in [1.82, 2.24) is 14.5 Å². The number of nitrogens with one attached hydrogen (secondary N) is 1. The molecule has 1 saturated heterocycles. The van der Waals surface area contributed by atoms with Gasteiger partial charge in [0, 0.05) is 36.8 Å². The molecule has 7 nitrogen and oxygen atoms in total. The third-order valence-electron chi connectivity index (χ3n) is 5.29. The molecule has 1 aliphatic heterocycles. The molecule has 2 aromatic heterocycles. The summed E-state index contributed by atoms with van der Waals surface area (Å²) >= 11 is 0. The molecule has 1 aliphatic rings. The van der Waals surface area contributed by atoms with Crippen LogP contribution in [-0.4, -0.2) is 39.3 Å². The van der Waals surface area contributed by atoms with Crippen molar-refractivity contribution in [3.63, 3.8) is 0 Å². The number of nitrogens with zero attached hydrogens (tertiary/aromatic N) is 3. The van der Waals surface area contributed by atoms with Crippen LogP contribution in [0.25, 0.3) is 11.0 Å². The largest absolute Gasteiger partial charge is 0.365 e. The third-order valence-corrected chi connectivity index (χ3v) is 5.29. The van der Waals surface area contributed by atoms with Crippen LogP contribution in [-0.2, 0) is 11.8 Å². The zero-order valence-electron chi connectivity index (χ0n) is 15.7. The number of amides is 1. The molecule has 0 aliphatic carbocycles. The third kappa shape index (κ3) is 3.04. The number of benzene rings is 1. The smallest absolute Gasteiger partial charge is 0.256 e. The Morgan fingerprint density at radius 1 is 1.32 bits per heavy atom. The number of halogens is 1. The molecule has 8 heteroatoms. The molecule has 1 aromatic carbocycles. The van der Waals surface area contributed by atoms with E-state index in [1.165, 1.54) is 6.33 Å². The van der Waals surface area contributed by atoms with E-state index in [4.69, 9.17) is 10.5 Å². The Kier molecular flexibility index (Phi) is 4.82. The summed E-state index contributed by atoms with van der Waals surface area (Å²) in [5.74, 6) is -0.213. The van der Waals surface area contributed by atoms with Crippen molar-refractivity contribution >= 4 is 22.8 Å². The maximum Gasteiger partial charge on any atom is 0.256 e. The lowest BCUT2D eigenvalue weighted by molar-refractivity contribution is 0.0299. The predicted molar refractivity (Wildman–Crippen MR) is 104 cm³/mol. The lowest BCUT2D eigenvalue weighted by Crippen LogP contribution is -2.26. The van der Waals surface area contributed by atoms with Gasteiger partial charge in [-0.15, -0.1) is 0 Å². The van der Waals surface area contributed by atoms with Crippen molar-refractivity contribution in [3.05, 3.63) is 54.0 Å². The number of rotatable bonds is 4. The Balaban J connectivity index is 1.71. The molecule has 146 valence electrons. The van der Waals surface area contributed by atoms with Gasteiger partial charge < -0.3 is 20.4 Å². The van der Waals surface area contributed by atoms with Crippen molar-refractivity contribution in [1.29, 1.82) is 0 Å². The summed E-state index contributed by atoms with van der Waals surface area (Å²) in [5.41, 5.74) is 8.03. The van der Waals surface area contributed by atoms with Crippen LogP contribution >= 0.6 is 0 Å². The van der Waals surface area contributed by atoms with Gasteiger partial charge in [-0.25, -0.2) is 14.4 Å². The van der Waals surface area contributed by atoms with Crippen molar-refractivity contribution in [2.45, 2.75) is 25.3 Å². The Bertz CT molecular complexity index is 1010. The van der Waals surface area contributed by atoms with Gasteiger partial charge in [-0.1, -0.05) is 25.1 Å². The fraction of sp³-hybridized carbons (Fsp3) is 0.350. The molecule has 4 rings (SSSR count). The quantitative estimate of drug-likeness (QED) is 0.722. The van der Waals surface area contributed by atoms with E-state index < -0.39 is 12.3 Å². The summed E-state index contributed by atoms with van der Waals surface area (Å²) in [6.07, 6.45) is 0.865. The molecule has 4 atom stereocenters. The maximum absolute atomic E-state index is 14.9. The van der Waals surface area contributed by atoms with E-state index in [-0.39, 0.29) is 24.5 Å². The molecule has 1 fully saturated rings. The van der Waals surface area contributed by atoms with Crippen molar-refractivity contribution in [2.75, 3.05) is 11.9 Å². The Morgan fingerprint density at radius 3 is 2.75 bits per heavy atom. The first-order valence-corrected chi connectivity index (χ1v) is 9.17. The van der Waals surface area contributed by atoms with Crippen LogP contribution < -0.4 is 11.1 Å². The number of ether oxygens (including phenoxy) is 1. The lowest BCUT2D eigenvalue weighted by Gasteiger charge is -2.12. The molecule has 0 radical (unpaired) electrons. The molecule has 3 N–H and O–H groups in total. The number of hydrogen-bond acceptors (Lipinski definition) is 5. The van der Waals surface area contributed by atoms with E-state index in [0.29, 0.717) is 28.0 Å². The van der Waals surface area contributed by atoms with Crippen LogP contribution in [0, 0.1) is 5.92 Å². The minimum atomic E-state index is -1.18. The van der Waals surface area contributed by atoms with Crippen molar-refractivity contribution in [2.24, 2.45) is 18.7 Å². The Morgan fingerprint density at radius 2 is 2.07 bits per heavy atom. The topological polar surface area (TPSA) is 95.1 Å². The molecule has 0 unspecified atom stereocenters. The number of fused-ring (bicyclic) bond motifs is 1. The molecule has 28 heavy (non-hydrogen) atoms. The van der Waals surface area contributed by atoms with Crippen LogP contribution in [0.15, 0.2) is 42.9 Å². The average Bonchev–Trinajstić information content (AvgIpc) is 3.20. The Labute approximate surface area is 161 Å². The van der Waals surface area contributed by atoms with Crippen LogP contribution in [0.4, 0.5) is 10.2 Å². The normalized spacial score (nSPS) is 24.6. The van der Waals surface area contributed by atoms with Gasteiger partial charge in [0.1, 0.15) is 24.1 Å². The number of carbonyl (C=O) groups is 1. The van der Waals surface area contributed by atoms with Crippen LogP contribution in [0.1, 0.15) is 28.9 Å². The highest BCUT2D eigenvalue weighted by Gasteiger charge is 2.43. The first kappa shape index (κ1) is 18.5. The van der Waals surface area contributed by atoms with E-state index in [1.54, 1.807) is 49.0 Å². The molecule has 3 aromatic rings. The second-order valence-corrected chi connectivity index (χ2v) is 7.07. The monoisotopic (exact) mass is 383 g/mol. The number of alkyl halides is 1. The fourth-order valence-electron chi connectivity index (χ4n) is 3.71. The standard InChI is InChI=1S/C20H22FN5O2/c1-11-14(8-22)28-18(15(11)21)13-9-26(2)17-16(13)23-10-24-19(17)25-20(27)12-6-4-3-5-7-12/h3-7,9-11,14-15,18H,8,22H2,1-2H3,(H,23,24,25,27)/t11-,14-,15-,18+/m1/s1. The average molecular weight is 383 g/mol. The first-order chi connectivity index (χ1) is 13.5. The Hall–Kier alpha value is -2.84. The summed E-state index contributed by atoms with van der Waals surface area (Å²) < 4.78 is 22.5. The summed E-state index contributed by atoms with van der Waals surface area (Å²) in [4.78, 5) is 21.1. The van der Waals surface area contributed by atoms with Crippen LogP contribution in [0.3, 0.4) is 0 Å². The number of anilines is 1. The number of hydrogen-bond donors (Lipinski definition) is 2. The molecular weight excluding hydrogens is 361 g/mol. The minimum absolute atomic E-state index is 0.260.